The molecule has 1 fully saturated rings. The first-order valence-corrected chi connectivity index (χ1v) is 9.95. The third-order valence-corrected chi connectivity index (χ3v) is 5.58. The minimum atomic E-state index is -0.627. The Labute approximate surface area is 178 Å². The van der Waals surface area contributed by atoms with Gasteiger partial charge in [-0.2, -0.15) is 15.5 Å². The number of primary amides is 1. The normalized spacial score (nSPS) is 19.1. The number of aromatic nitrogens is 4. The third-order valence-electron chi connectivity index (χ3n) is 5.58. The second kappa shape index (κ2) is 8.57. The molecule has 0 radical (unpaired) electrons. The van der Waals surface area contributed by atoms with Gasteiger partial charge in [0.05, 0.1) is 23.7 Å². The number of nitrogens with two attached hydrogens (primary N) is 1. The van der Waals surface area contributed by atoms with E-state index in [0.717, 1.165) is 12.2 Å². The van der Waals surface area contributed by atoms with Gasteiger partial charge in [0.1, 0.15) is 11.4 Å². The minimum Gasteiger partial charge on any atom is -0.365 e. The number of nitrogens with zero attached hydrogens (tertiary/aromatic N) is 6. The van der Waals surface area contributed by atoms with Crippen molar-refractivity contribution in [3.63, 3.8) is 0 Å². The SMILES string of the molecule is Cn1nccc1CN1CC[C@H](n2cc(C(N)=O)c(Nc3ccc(F)cc3)n2)[C@H](C#N)C1. The van der Waals surface area contributed by atoms with Crippen LogP contribution in [0.1, 0.15) is 28.5 Å². The van der Waals surface area contributed by atoms with Crippen molar-refractivity contribution in [2.75, 3.05) is 18.4 Å². The number of carbonyl (C=O) groups excluding carboxylic acids is 1. The molecule has 0 bridgehead atoms. The fraction of sp³-hybridized carbons (Fsp3) is 0.333. The summed E-state index contributed by atoms with van der Waals surface area (Å²) < 4.78 is 16.7. The maximum Gasteiger partial charge on any atom is 0.254 e. The highest BCUT2D eigenvalue weighted by Crippen LogP contribution is 2.30. The fourth-order valence-corrected chi connectivity index (χ4v) is 3.88. The lowest BCUT2D eigenvalue weighted by Crippen LogP contribution is -2.41. The summed E-state index contributed by atoms with van der Waals surface area (Å²) in [5.41, 5.74) is 7.42. The van der Waals surface area contributed by atoms with E-state index in [4.69, 9.17) is 5.73 Å². The van der Waals surface area contributed by atoms with Gasteiger partial charge < -0.3 is 11.1 Å². The molecule has 1 aromatic carbocycles. The van der Waals surface area contributed by atoms with Gasteiger partial charge in [0.15, 0.2) is 5.82 Å². The van der Waals surface area contributed by atoms with Crippen molar-refractivity contribution in [2.24, 2.45) is 18.7 Å². The highest BCUT2D eigenvalue weighted by atomic mass is 19.1. The van der Waals surface area contributed by atoms with E-state index in [9.17, 15) is 14.4 Å². The van der Waals surface area contributed by atoms with Crippen LogP contribution in [-0.4, -0.2) is 43.5 Å². The number of halogens is 1. The van der Waals surface area contributed by atoms with Crippen molar-refractivity contribution >= 4 is 17.4 Å². The average molecular weight is 422 g/mol. The van der Waals surface area contributed by atoms with Gasteiger partial charge in [-0.1, -0.05) is 0 Å². The van der Waals surface area contributed by atoms with E-state index >= 15 is 0 Å². The van der Waals surface area contributed by atoms with Gasteiger partial charge in [-0.3, -0.25) is 19.1 Å². The van der Waals surface area contributed by atoms with Crippen LogP contribution < -0.4 is 11.1 Å². The lowest BCUT2D eigenvalue weighted by molar-refractivity contribution is 0.100. The van der Waals surface area contributed by atoms with Crippen LogP contribution in [0.25, 0.3) is 0 Å². The molecule has 0 unspecified atom stereocenters. The molecular formula is C21H23FN8O. The van der Waals surface area contributed by atoms with Gasteiger partial charge in [0, 0.05) is 44.8 Å². The quantitative estimate of drug-likeness (QED) is 0.629. The predicted octanol–water partition coefficient (Wildman–Crippen LogP) is 2.18. The van der Waals surface area contributed by atoms with Gasteiger partial charge >= 0.3 is 0 Å². The average Bonchev–Trinajstić information content (AvgIpc) is 3.36. The molecule has 3 heterocycles. The number of benzene rings is 1. The van der Waals surface area contributed by atoms with Crippen molar-refractivity contribution < 1.29 is 9.18 Å². The Morgan fingerprint density at radius 2 is 2.13 bits per heavy atom. The molecule has 1 saturated heterocycles. The number of likely N-dealkylation sites (tertiary alicyclic amines) is 1. The summed E-state index contributed by atoms with van der Waals surface area (Å²) in [6.07, 6.45) is 4.04. The molecular weight excluding hydrogens is 399 g/mol. The van der Waals surface area contributed by atoms with Crippen molar-refractivity contribution in [3.05, 3.63) is 59.8 Å². The van der Waals surface area contributed by atoms with Gasteiger partial charge in [-0.25, -0.2) is 4.39 Å². The fourth-order valence-electron chi connectivity index (χ4n) is 3.88. The summed E-state index contributed by atoms with van der Waals surface area (Å²) in [5.74, 6) is -1.01. The summed E-state index contributed by atoms with van der Waals surface area (Å²) in [5, 5.41) is 21.5. The van der Waals surface area contributed by atoms with E-state index in [-0.39, 0.29) is 29.2 Å². The summed E-state index contributed by atoms with van der Waals surface area (Å²) in [7, 11) is 1.90. The number of piperidine rings is 1. The van der Waals surface area contributed by atoms with Crippen molar-refractivity contribution in [1.29, 1.82) is 5.26 Å². The zero-order valence-electron chi connectivity index (χ0n) is 17.1. The number of hydrogen-bond acceptors (Lipinski definition) is 6. The molecule has 0 saturated carbocycles. The Bertz CT molecular complexity index is 1110. The first-order chi connectivity index (χ1) is 14.9. The number of anilines is 2. The number of hydrogen-bond donors (Lipinski definition) is 2. The number of rotatable bonds is 6. The summed E-state index contributed by atoms with van der Waals surface area (Å²) >= 11 is 0. The number of aryl methyl sites for hydroxylation is 1. The molecule has 3 aromatic rings. The van der Waals surface area contributed by atoms with E-state index in [1.54, 1.807) is 29.2 Å². The first-order valence-electron chi connectivity index (χ1n) is 9.95. The minimum absolute atomic E-state index is 0.186. The number of nitriles is 1. The summed E-state index contributed by atoms with van der Waals surface area (Å²) in [4.78, 5) is 14.2. The lowest BCUT2D eigenvalue weighted by atomic mass is 9.93. The topological polar surface area (TPSA) is 118 Å². The molecule has 2 atom stereocenters. The van der Waals surface area contributed by atoms with Crippen molar-refractivity contribution in [1.82, 2.24) is 24.5 Å². The molecule has 4 rings (SSSR count). The second-order valence-electron chi connectivity index (χ2n) is 7.64. The van der Waals surface area contributed by atoms with Crippen LogP contribution in [0.15, 0.2) is 42.7 Å². The smallest absolute Gasteiger partial charge is 0.254 e. The van der Waals surface area contributed by atoms with Crippen molar-refractivity contribution in [2.45, 2.75) is 19.0 Å². The maximum absolute atomic E-state index is 13.2. The Kier molecular flexibility index (Phi) is 5.68. The molecule has 1 aliphatic rings. The van der Waals surface area contributed by atoms with Gasteiger partial charge in [0.25, 0.3) is 5.91 Å². The van der Waals surface area contributed by atoms with E-state index < -0.39 is 5.91 Å². The Morgan fingerprint density at radius 1 is 1.35 bits per heavy atom. The molecule has 0 aliphatic carbocycles. The van der Waals surface area contributed by atoms with Crippen LogP contribution in [0, 0.1) is 23.1 Å². The molecule has 3 N–H and O–H groups in total. The van der Waals surface area contributed by atoms with E-state index in [2.05, 4.69) is 26.5 Å². The molecule has 2 aromatic heterocycles. The number of nitrogens with one attached hydrogen (secondary N) is 1. The summed E-state index contributed by atoms with van der Waals surface area (Å²) in [6.45, 7) is 2.07. The zero-order valence-corrected chi connectivity index (χ0v) is 17.1. The lowest BCUT2D eigenvalue weighted by Gasteiger charge is -2.35. The van der Waals surface area contributed by atoms with Gasteiger partial charge in [0.2, 0.25) is 0 Å². The van der Waals surface area contributed by atoms with Crippen LogP contribution in [0.5, 0.6) is 0 Å². The van der Waals surface area contributed by atoms with E-state index in [0.29, 0.717) is 25.2 Å². The standard InChI is InChI=1S/C21H23FN8O/c1-28-17(6-8-25-28)12-29-9-7-19(14(10-23)11-29)30-13-18(20(24)31)21(27-30)26-16-4-2-15(22)3-5-16/h2-6,8,13-14,19H,7,9,11-12H2,1H3,(H2,24,31)(H,26,27)/t14-,19+/m1/s1. The van der Waals surface area contributed by atoms with Crippen LogP contribution >= 0.6 is 0 Å². The molecule has 160 valence electrons. The predicted molar refractivity (Wildman–Crippen MR) is 112 cm³/mol. The molecule has 9 nitrogen and oxygen atoms in total. The molecule has 1 aliphatic heterocycles. The largest absolute Gasteiger partial charge is 0.365 e. The highest BCUT2D eigenvalue weighted by Gasteiger charge is 2.32. The monoisotopic (exact) mass is 422 g/mol. The Hall–Kier alpha value is -3.71. The highest BCUT2D eigenvalue weighted by molar-refractivity contribution is 5.98. The van der Waals surface area contributed by atoms with Crippen LogP contribution in [-0.2, 0) is 13.6 Å². The van der Waals surface area contributed by atoms with E-state index in [1.807, 2.05) is 17.8 Å². The Balaban J connectivity index is 1.53. The number of carbonyl (C=O) groups is 1. The van der Waals surface area contributed by atoms with Crippen LogP contribution in [0.3, 0.4) is 0 Å². The van der Waals surface area contributed by atoms with Crippen molar-refractivity contribution in [3.8, 4) is 6.07 Å². The summed E-state index contributed by atoms with van der Waals surface area (Å²) in [6, 6.07) is 9.89. The maximum atomic E-state index is 13.2. The first kappa shape index (κ1) is 20.6. The van der Waals surface area contributed by atoms with Crippen LogP contribution in [0.2, 0.25) is 0 Å². The molecule has 31 heavy (non-hydrogen) atoms. The molecule has 1 amide bonds. The second-order valence-corrected chi connectivity index (χ2v) is 7.64. The van der Waals surface area contributed by atoms with E-state index in [1.165, 1.54) is 12.1 Å². The van der Waals surface area contributed by atoms with Crippen LogP contribution in [0.4, 0.5) is 15.9 Å². The number of amides is 1. The molecule has 0 spiro atoms. The molecule has 10 heteroatoms. The Morgan fingerprint density at radius 3 is 2.77 bits per heavy atom. The van der Waals surface area contributed by atoms with Gasteiger partial charge in [-0.05, 0) is 36.8 Å². The van der Waals surface area contributed by atoms with Gasteiger partial charge in [-0.15, -0.1) is 0 Å². The third kappa shape index (κ3) is 4.41. The zero-order chi connectivity index (χ0) is 22.0.